The van der Waals surface area contributed by atoms with Crippen molar-refractivity contribution in [1.82, 2.24) is 10.3 Å². The van der Waals surface area contributed by atoms with Crippen molar-refractivity contribution in [3.63, 3.8) is 0 Å². The molecule has 1 fully saturated rings. The number of benzene rings is 1. The highest BCUT2D eigenvalue weighted by molar-refractivity contribution is 7.99. The van der Waals surface area contributed by atoms with E-state index in [2.05, 4.69) is 16.4 Å². The van der Waals surface area contributed by atoms with E-state index in [1.54, 1.807) is 18.3 Å². The van der Waals surface area contributed by atoms with Crippen LogP contribution in [0.3, 0.4) is 0 Å². The molecule has 0 radical (unpaired) electrons. The van der Waals surface area contributed by atoms with E-state index in [0.29, 0.717) is 23.4 Å². The third-order valence-electron chi connectivity index (χ3n) is 5.16. The lowest BCUT2D eigenvalue weighted by atomic mass is 9.83. The van der Waals surface area contributed by atoms with Crippen LogP contribution in [-0.4, -0.2) is 28.5 Å². The van der Waals surface area contributed by atoms with Gasteiger partial charge in [0.15, 0.2) is 6.10 Å². The molecule has 1 heterocycles. The number of hydrogen-bond donors (Lipinski definition) is 1. The molecule has 0 bridgehead atoms. The van der Waals surface area contributed by atoms with Crippen molar-refractivity contribution in [3.05, 3.63) is 53.7 Å². The van der Waals surface area contributed by atoms with Gasteiger partial charge >= 0.3 is 5.97 Å². The van der Waals surface area contributed by atoms with Crippen molar-refractivity contribution < 1.29 is 14.3 Å². The molecule has 1 aromatic carbocycles. The Hall–Kier alpha value is -2.85. The molecule has 156 valence electrons. The first-order valence-electron chi connectivity index (χ1n) is 10.1. The van der Waals surface area contributed by atoms with Crippen LogP contribution in [0.1, 0.15) is 54.9 Å². The average Bonchev–Trinajstić information content (AvgIpc) is 2.76. The van der Waals surface area contributed by atoms with Gasteiger partial charge in [-0.2, -0.15) is 5.26 Å². The predicted octanol–water partition coefficient (Wildman–Crippen LogP) is 4.43. The molecule has 1 amide bonds. The fraction of sp³-hybridized carbons (Fsp3) is 0.391. The van der Waals surface area contributed by atoms with Crippen molar-refractivity contribution >= 4 is 23.6 Å². The summed E-state index contributed by atoms with van der Waals surface area (Å²) in [4.78, 5) is 30.6. The lowest BCUT2D eigenvalue weighted by molar-refractivity contribution is -0.130. The molecule has 0 aliphatic heterocycles. The number of nitriles is 1. The number of esters is 1. The van der Waals surface area contributed by atoms with Crippen LogP contribution in [-0.2, 0) is 9.53 Å². The molecule has 1 aliphatic carbocycles. The van der Waals surface area contributed by atoms with Crippen LogP contribution in [0.4, 0.5) is 0 Å². The zero-order valence-electron chi connectivity index (χ0n) is 17.2. The minimum Gasteiger partial charge on any atom is -0.449 e. The van der Waals surface area contributed by atoms with Gasteiger partial charge in [-0.05, 0) is 51.0 Å². The maximum atomic E-state index is 12.7. The van der Waals surface area contributed by atoms with E-state index in [4.69, 9.17) is 4.74 Å². The topological polar surface area (TPSA) is 92.1 Å². The maximum absolute atomic E-state index is 12.7. The first-order valence-corrected chi connectivity index (χ1v) is 10.9. The molecule has 30 heavy (non-hydrogen) atoms. The van der Waals surface area contributed by atoms with Gasteiger partial charge in [0, 0.05) is 11.1 Å². The highest BCUT2D eigenvalue weighted by atomic mass is 32.2. The van der Waals surface area contributed by atoms with E-state index in [1.165, 1.54) is 18.7 Å². The normalized spacial score (nSPS) is 16.2. The Morgan fingerprint density at radius 2 is 1.90 bits per heavy atom. The minimum absolute atomic E-state index is 0.301. The number of rotatable bonds is 6. The van der Waals surface area contributed by atoms with Crippen molar-refractivity contribution in [1.29, 1.82) is 5.26 Å². The highest BCUT2D eigenvalue weighted by Crippen LogP contribution is 2.30. The third kappa shape index (κ3) is 5.39. The van der Waals surface area contributed by atoms with Gasteiger partial charge in [-0.25, -0.2) is 9.78 Å². The summed E-state index contributed by atoms with van der Waals surface area (Å²) in [7, 11) is 0. The molecule has 0 unspecified atom stereocenters. The number of amides is 1. The van der Waals surface area contributed by atoms with Crippen LogP contribution in [0.2, 0.25) is 0 Å². The van der Waals surface area contributed by atoms with Gasteiger partial charge in [-0.15, -0.1) is 0 Å². The van der Waals surface area contributed by atoms with Gasteiger partial charge in [0.2, 0.25) is 0 Å². The summed E-state index contributed by atoms with van der Waals surface area (Å²) < 4.78 is 5.41. The average molecular weight is 424 g/mol. The summed E-state index contributed by atoms with van der Waals surface area (Å²) in [6.45, 7) is 3.53. The fourth-order valence-electron chi connectivity index (χ4n) is 3.38. The van der Waals surface area contributed by atoms with Crippen LogP contribution in [0.25, 0.3) is 0 Å². The molecule has 6 nitrogen and oxygen atoms in total. The Balaban J connectivity index is 1.67. The molecule has 1 aromatic heterocycles. The second-order valence-corrected chi connectivity index (χ2v) is 8.62. The SMILES string of the molecule is Cc1ccc(Sc2ncccc2C(=O)O[C@@H](C)C(=O)NC2(C#N)CCCCC2)cc1. The quantitative estimate of drug-likeness (QED) is 0.691. The smallest absolute Gasteiger partial charge is 0.341 e. The summed E-state index contributed by atoms with van der Waals surface area (Å²) in [6.07, 6.45) is 4.71. The third-order valence-corrected chi connectivity index (χ3v) is 6.19. The van der Waals surface area contributed by atoms with E-state index in [1.807, 2.05) is 31.2 Å². The number of carbonyl (C=O) groups is 2. The number of ether oxygens (including phenoxy) is 1. The molecule has 7 heteroatoms. The van der Waals surface area contributed by atoms with Crippen LogP contribution >= 0.6 is 11.8 Å². The second kappa shape index (κ2) is 9.77. The number of carbonyl (C=O) groups excluding carboxylic acids is 2. The summed E-state index contributed by atoms with van der Waals surface area (Å²) in [5.41, 5.74) is 0.583. The summed E-state index contributed by atoms with van der Waals surface area (Å²) in [6, 6.07) is 13.4. The van der Waals surface area contributed by atoms with E-state index >= 15 is 0 Å². The first kappa shape index (κ1) is 21.8. The summed E-state index contributed by atoms with van der Waals surface area (Å²) in [5, 5.41) is 12.9. The number of nitrogens with zero attached hydrogens (tertiary/aromatic N) is 2. The zero-order valence-corrected chi connectivity index (χ0v) is 18.0. The fourth-order valence-corrected chi connectivity index (χ4v) is 4.25. The largest absolute Gasteiger partial charge is 0.449 e. The standard InChI is InChI=1S/C23H25N3O3S/c1-16-8-10-18(11-9-16)30-21-19(7-6-14-25-21)22(28)29-17(2)20(27)26-23(15-24)12-4-3-5-13-23/h6-11,14,17H,3-5,12-13H2,1-2H3,(H,26,27)/t17-/m0/s1. The molecular weight excluding hydrogens is 398 g/mol. The highest BCUT2D eigenvalue weighted by Gasteiger charge is 2.35. The predicted molar refractivity (Wildman–Crippen MR) is 114 cm³/mol. The number of aryl methyl sites for hydroxylation is 1. The van der Waals surface area contributed by atoms with Crippen LogP contribution in [0.5, 0.6) is 0 Å². The van der Waals surface area contributed by atoms with Crippen LogP contribution in [0, 0.1) is 18.3 Å². The molecular formula is C23H25N3O3S. The van der Waals surface area contributed by atoms with E-state index in [9.17, 15) is 14.9 Å². The van der Waals surface area contributed by atoms with Gasteiger partial charge in [-0.1, -0.05) is 48.7 Å². The Morgan fingerprint density at radius 1 is 1.20 bits per heavy atom. The second-order valence-electron chi connectivity index (χ2n) is 7.56. The van der Waals surface area contributed by atoms with E-state index < -0.39 is 23.5 Å². The molecule has 3 rings (SSSR count). The summed E-state index contributed by atoms with van der Waals surface area (Å²) >= 11 is 1.36. The van der Waals surface area contributed by atoms with Gasteiger partial charge in [-0.3, -0.25) is 4.79 Å². The number of nitrogens with one attached hydrogen (secondary N) is 1. The van der Waals surface area contributed by atoms with E-state index in [0.717, 1.165) is 29.7 Å². The van der Waals surface area contributed by atoms with Gasteiger partial charge in [0.1, 0.15) is 10.6 Å². The van der Waals surface area contributed by atoms with E-state index in [-0.39, 0.29) is 0 Å². The minimum atomic E-state index is -1.01. The van der Waals surface area contributed by atoms with Crippen molar-refractivity contribution in [2.24, 2.45) is 0 Å². The maximum Gasteiger partial charge on any atom is 0.341 e. The molecule has 1 saturated carbocycles. The molecule has 1 atom stereocenters. The molecule has 0 spiro atoms. The number of pyridine rings is 1. The lowest BCUT2D eigenvalue weighted by Gasteiger charge is -2.32. The van der Waals surface area contributed by atoms with Gasteiger partial charge in [0.05, 0.1) is 11.6 Å². The van der Waals surface area contributed by atoms with Crippen molar-refractivity contribution in [2.75, 3.05) is 0 Å². The first-order chi connectivity index (χ1) is 14.4. The molecule has 2 aromatic rings. The van der Waals surface area contributed by atoms with Gasteiger partial charge < -0.3 is 10.1 Å². The Kier molecular flexibility index (Phi) is 7.11. The molecule has 1 aliphatic rings. The van der Waals surface area contributed by atoms with Gasteiger partial charge in [0.25, 0.3) is 5.91 Å². The van der Waals surface area contributed by atoms with Crippen molar-refractivity contribution in [3.8, 4) is 6.07 Å². The lowest BCUT2D eigenvalue weighted by Crippen LogP contribution is -2.52. The monoisotopic (exact) mass is 423 g/mol. The Labute approximate surface area is 181 Å². The zero-order chi connectivity index (χ0) is 21.6. The summed E-state index contributed by atoms with van der Waals surface area (Å²) in [5.74, 6) is -1.07. The van der Waals surface area contributed by atoms with Crippen LogP contribution < -0.4 is 5.32 Å². The molecule has 1 N–H and O–H groups in total. The number of hydrogen-bond acceptors (Lipinski definition) is 6. The molecule has 0 saturated heterocycles. The Morgan fingerprint density at radius 3 is 2.57 bits per heavy atom. The van der Waals surface area contributed by atoms with Crippen LogP contribution in [0.15, 0.2) is 52.5 Å². The Bertz CT molecular complexity index is 947. The number of aromatic nitrogens is 1. The van der Waals surface area contributed by atoms with Crippen molar-refractivity contribution in [2.45, 2.75) is 67.5 Å².